The van der Waals surface area contributed by atoms with Gasteiger partial charge in [0, 0.05) is 0 Å². The van der Waals surface area contributed by atoms with E-state index < -0.39 is 26.4 Å². The molecule has 0 bridgehead atoms. The normalized spacial score (nSPS) is 13.9. The zero-order chi connectivity index (χ0) is 46.7. The van der Waals surface area contributed by atoms with Crippen LogP contribution in [0.15, 0.2) is 23.8 Å². The first-order valence-electron chi connectivity index (χ1n) is 21.4. The molecule has 0 nitrogen and oxygen atoms in total. The molecular formula is C50H100Ge3Si3. The standard InChI is InChI=1S/3C12H27Si.C9H11Ge.C5H8Ge2/c3*1-10(2,3)13(11(4,5)6)12(7,8)9;1-6-4-7(2)9(10)8(3)5-6;1-5(4-7)2-3-6/h3*1-9H3;4-5H,1-3H3;2H,3-4H2,1H3/b;;;;5-2-. The Balaban J connectivity index is -0.000000306. The van der Waals surface area contributed by atoms with E-state index in [1.165, 1.54) is 37.2 Å². The third-order valence-electron chi connectivity index (χ3n) is 9.16. The van der Waals surface area contributed by atoms with Crippen molar-refractivity contribution in [3.63, 3.8) is 0 Å². The number of hydrogen-bond acceptors (Lipinski definition) is 0. The fourth-order valence-corrected chi connectivity index (χ4v) is 33.1. The topological polar surface area (TPSA) is 0 Å². The molecule has 0 spiro atoms. The summed E-state index contributed by atoms with van der Waals surface area (Å²) in [5.41, 5.74) is 5.66. The average Bonchev–Trinajstić information content (AvgIpc) is 2.80. The molecular weight excluding hydrogens is 903 g/mol. The van der Waals surface area contributed by atoms with Crippen molar-refractivity contribution in [2.45, 2.75) is 270 Å². The summed E-state index contributed by atoms with van der Waals surface area (Å²) in [6, 6.07) is 4.45. The Morgan fingerprint density at radius 3 is 0.696 bits per heavy atom. The molecule has 1 aromatic carbocycles. The van der Waals surface area contributed by atoms with Gasteiger partial charge < -0.3 is 0 Å². The van der Waals surface area contributed by atoms with Gasteiger partial charge in [-0.1, -0.05) is 187 Å². The maximum absolute atomic E-state index is 2.40. The monoisotopic (exact) mass is 1010 g/mol. The van der Waals surface area contributed by atoms with Crippen molar-refractivity contribution in [2.75, 3.05) is 0 Å². The number of allylic oxidation sites excluding steroid dienone is 2. The second-order valence-electron chi connectivity index (χ2n) is 25.6. The second-order valence-corrected chi connectivity index (χ2v) is 44.0. The quantitative estimate of drug-likeness (QED) is 0.205. The SMILES string of the molecule is C/C(=C/[CH2][Ge])[CH2][Ge].CC(C)(C)[Si](C(C)(C)C)C(C)(C)C.CC(C)(C)[Si](C(C)(C)C)C(C)(C)C.CC(C)(C)[Si](C(C)(C)C)C(C)(C)C.Cc1cc(C)[c]([Ge])c(C)c1. The van der Waals surface area contributed by atoms with Crippen molar-refractivity contribution < 1.29 is 0 Å². The van der Waals surface area contributed by atoms with Crippen LogP contribution in [0.2, 0.25) is 55.9 Å². The summed E-state index contributed by atoms with van der Waals surface area (Å²) in [7, 11) is -1.17. The first-order chi connectivity index (χ1) is 24.0. The third-order valence-corrected chi connectivity index (χ3v) is 25.9. The first-order valence-corrected chi connectivity index (χ1v) is 29.9. The van der Waals surface area contributed by atoms with Gasteiger partial charge in [0.15, 0.2) is 0 Å². The van der Waals surface area contributed by atoms with Gasteiger partial charge in [-0.25, -0.2) is 0 Å². The summed E-state index contributed by atoms with van der Waals surface area (Å²) >= 11 is 6.52. The third kappa shape index (κ3) is 28.0. The van der Waals surface area contributed by atoms with E-state index >= 15 is 0 Å². The van der Waals surface area contributed by atoms with Gasteiger partial charge in [0.05, 0.1) is 26.4 Å². The first kappa shape index (κ1) is 63.9. The van der Waals surface area contributed by atoms with Gasteiger partial charge >= 0.3 is 133 Å². The van der Waals surface area contributed by atoms with E-state index in [4.69, 9.17) is 0 Å². The van der Waals surface area contributed by atoms with Crippen LogP contribution in [0.25, 0.3) is 0 Å². The molecule has 0 aromatic heterocycles. The summed E-state index contributed by atoms with van der Waals surface area (Å²) in [6.45, 7) is 73.4. The van der Waals surface area contributed by atoms with Crippen LogP contribution in [0.4, 0.5) is 0 Å². The molecule has 0 saturated heterocycles. The van der Waals surface area contributed by atoms with Crippen LogP contribution in [0.1, 0.15) is 211 Å². The number of rotatable bonds is 2. The Bertz CT molecular complexity index is 1040. The molecule has 1 rings (SSSR count). The van der Waals surface area contributed by atoms with Gasteiger partial charge in [0.2, 0.25) is 0 Å². The van der Waals surface area contributed by atoms with E-state index in [0.29, 0.717) is 45.3 Å². The molecule has 0 N–H and O–H groups in total. The zero-order valence-corrected chi connectivity index (χ0v) is 53.4. The molecule has 0 unspecified atom stereocenters. The molecule has 0 saturated carbocycles. The summed E-state index contributed by atoms with van der Waals surface area (Å²) in [5, 5.41) is 6.77. The molecule has 0 fully saturated rings. The van der Waals surface area contributed by atoms with Gasteiger partial charge in [-0.15, -0.1) is 0 Å². The van der Waals surface area contributed by atoms with Gasteiger partial charge in [-0.05, 0) is 45.3 Å². The predicted molar refractivity (Wildman–Crippen MR) is 276 cm³/mol. The molecule has 324 valence electrons. The minimum atomic E-state index is -0.391. The van der Waals surface area contributed by atoms with E-state index in [-0.39, 0.29) is 0 Å². The van der Waals surface area contributed by atoms with Gasteiger partial charge in [-0.2, -0.15) is 0 Å². The van der Waals surface area contributed by atoms with E-state index in [9.17, 15) is 0 Å². The van der Waals surface area contributed by atoms with Gasteiger partial charge in [0.25, 0.3) is 0 Å². The van der Waals surface area contributed by atoms with Crippen LogP contribution in [0.3, 0.4) is 0 Å². The van der Waals surface area contributed by atoms with E-state index in [0.717, 1.165) is 0 Å². The molecule has 0 aliphatic rings. The van der Waals surface area contributed by atoms with Crippen molar-refractivity contribution in [1.82, 2.24) is 0 Å². The fraction of sp³-hybridized carbons (Fsp3) is 0.840. The Morgan fingerprint density at radius 1 is 0.429 bits per heavy atom. The molecule has 0 aliphatic carbocycles. The Hall–Kier alpha value is 1.24. The summed E-state index contributed by atoms with van der Waals surface area (Å²) in [6.07, 6.45) is 2.26. The van der Waals surface area contributed by atoms with Crippen molar-refractivity contribution in [3.8, 4) is 0 Å². The summed E-state index contributed by atoms with van der Waals surface area (Å²) < 4.78 is 1.42. The Labute approximate surface area is 388 Å². The molecule has 0 atom stereocenters. The number of hydrogen-bond donors (Lipinski definition) is 0. The molecule has 12 radical (unpaired) electrons. The Morgan fingerprint density at radius 2 is 0.607 bits per heavy atom. The number of aryl methyl sites for hydroxylation is 3. The van der Waals surface area contributed by atoms with Crippen LogP contribution in [-0.4, -0.2) is 75.9 Å². The van der Waals surface area contributed by atoms with Gasteiger partial charge in [-0.3, -0.25) is 0 Å². The maximum atomic E-state index is 2.40. The summed E-state index contributed by atoms with van der Waals surface area (Å²) in [4.78, 5) is 0. The predicted octanol–water partition coefficient (Wildman–Crippen LogP) is 17.2. The summed E-state index contributed by atoms with van der Waals surface area (Å²) in [5.74, 6) is 0. The van der Waals surface area contributed by atoms with Crippen molar-refractivity contribution in [2.24, 2.45) is 0 Å². The molecule has 0 amide bonds. The molecule has 56 heavy (non-hydrogen) atoms. The van der Waals surface area contributed by atoms with Crippen LogP contribution in [0, 0.1) is 20.8 Å². The Kier molecular flexibility index (Phi) is 27.6. The van der Waals surface area contributed by atoms with E-state index in [1.807, 2.05) is 0 Å². The zero-order valence-electron chi connectivity index (χ0n) is 44.1. The van der Waals surface area contributed by atoms with Gasteiger partial charge in [0.1, 0.15) is 0 Å². The molecule has 1 aromatic rings. The van der Waals surface area contributed by atoms with Crippen molar-refractivity contribution in [3.05, 3.63) is 40.5 Å². The molecule has 0 heterocycles. The second kappa shape index (κ2) is 24.2. The van der Waals surface area contributed by atoms with Crippen LogP contribution in [0.5, 0.6) is 0 Å². The van der Waals surface area contributed by atoms with Crippen LogP contribution < -0.4 is 4.40 Å². The number of benzene rings is 1. The van der Waals surface area contributed by atoms with Crippen molar-refractivity contribution in [1.29, 1.82) is 0 Å². The average molecular weight is 1000 g/mol. The van der Waals surface area contributed by atoms with Crippen molar-refractivity contribution >= 4 is 80.3 Å². The van der Waals surface area contributed by atoms with Crippen LogP contribution in [-0.2, 0) is 0 Å². The minimum absolute atomic E-state index is 0.391. The van der Waals surface area contributed by atoms with E-state index in [2.05, 4.69) is 282 Å². The fourth-order valence-electron chi connectivity index (χ4n) is 11.6. The van der Waals surface area contributed by atoms with E-state index in [1.54, 1.807) is 0 Å². The van der Waals surface area contributed by atoms with Crippen LogP contribution >= 0.6 is 0 Å². The molecule has 6 heteroatoms. The molecule has 0 aliphatic heterocycles.